The summed E-state index contributed by atoms with van der Waals surface area (Å²) in [6.07, 6.45) is 3.01. The molecule has 0 radical (unpaired) electrons. The summed E-state index contributed by atoms with van der Waals surface area (Å²) in [6, 6.07) is 11.4. The number of imide groups is 3. The van der Waals surface area contributed by atoms with E-state index in [-0.39, 0.29) is 43.4 Å². The van der Waals surface area contributed by atoms with Crippen molar-refractivity contribution in [2.75, 3.05) is 13.1 Å². The van der Waals surface area contributed by atoms with Crippen molar-refractivity contribution in [3.8, 4) is 0 Å². The molecule has 3 aromatic rings. The lowest BCUT2D eigenvalue weighted by molar-refractivity contribution is -0.139. The van der Waals surface area contributed by atoms with E-state index >= 15 is 0 Å². The first-order valence-corrected chi connectivity index (χ1v) is 10.5. The second kappa shape index (κ2) is 7.84. The maximum atomic E-state index is 13.6. The van der Waals surface area contributed by atoms with Gasteiger partial charge in [0.25, 0.3) is 5.91 Å². The van der Waals surface area contributed by atoms with Crippen molar-refractivity contribution in [1.29, 1.82) is 0 Å². The summed E-state index contributed by atoms with van der Waals surface area (Å²) in [6.45, 7) is 0.387. The summed E-state index contributed by atoms with van der Waals surface area (Å²) >= 11 is 0. The molecule has 2 aliphatic heterocycles. The Labute approximate surface area is 187 Å². The number of likely N-dealkylation sites (tertiary alicyclic amines) is 2. The van der Waals surface area contributed by atoms with E-state index in [0.717, 1.165) is 0 Å². The van der Waals surface area contributed by atoms with E-state index in [2.05, 4.69) is 0 Å². The zero-order valence-corrected chi connectivity index (χ0v) is 17.4. The molecule has 2 aromatic heterocycles. The molecule has 9 heteroatoms. The average molecular weight is 450 g/mol. The highest BCUT2D eigenvalue weighted by molar-refractivity contribution is 6.23. The zero-order valence-electron chi connectivity index (χ0n) is 17.4. The molecule has 2 saturated heterocycles. The smallest absolute Gasteiger partial charge is 0.303 e. The highest BCUT2D eigenvalue weighted by Crippen LogP contribution is 2.52. The fourth-order valence-electron chi connectivity index (χ4n) is 4.80. The number of amides is 4. The number of piperidine rings is 1. The van der Waals surface area contributed by atoms with Crippen molar-refractivity contribution in [1.82, 2.24) is 9.80 Å². The van der Waals surface area contributed by atoms with Crippen LogP contribution in [0, 0.1) is 11.2 Å². The van der Waals surface area contributed by atoms with Gasteiger partial charge in [-0.1, -0.05) is 12.1 Å². The predicted molar refractivity (Wildman–Crippen MR) is 110 cm³/mol. The Morgan fingerprint density at radius 3 is 2.00 bits per heavy atom. The molecule has 1 aromatic carbocycles. The molecule has 4 heterocycles. The van der Waals surface area contributed by atoms with Gasteiger partial charge in [-0.05, 0) is 54.8 Å². The van der Waals surface area contributed by atoms with Crippen molar-refractivity contribution in [2.24, 2.45) is 5.41 Å². The topological polar surface area (TPSA) is 101 Å². The molecule has 1 spiro atoms. The first-order valence-electron chi connectivity index (χ1n) is 10.5. The molecule has 0 unspecified atom stereocenters. The summed E-state index contributed by atoms with van der Waals surface area (Å²) < 4.78 is 23.9. The number of nitrogens with zero attached hydrogens (tertiary/aromatic N) is 2. The van der Waals surface area contributed by atoms with E-state index in [1.807, 2.05) is 0 Å². The Kier molecular flexibility index (Phi) is 4.96. The Morgan fingerprint density at radius 2 is 1.45 bits per heavy atom. The van der Waals surface area contributed by atoms with Crippen LogP contribution in [0.1, 0.15) is 45.4 Å². The molecular weight excluding hydrogens is 431 g/mol. The summed E-state index contributed by atoms with van der Waals surface area (Å²) in [4.78, 5) is 54.9. The number of benzene rings is 1. The van der Waals surface area contributed by atoms with Crippen molar-refractivity contribution in [2.45, 2.75) is 18.8 Å². The van der Waals surface area contributed by atoms with Gasteiger partial charge < -0.3 is 13.7 Å². The van der Waals surface area contributed by atoms with Gasteiger partial charge in [-0.3, -0.25) is 19.2 Å². The third-order valence-electron chi connectivity index (χ3n) is 6.46. The highest BCUT2D eigenvalue weighted by Gasteiger charge is 2.62. The van der Waals surface area contributed by atoms with Gasteiger partial charge in [-0.2, -0.15) is 0 Å². The number of rotatable bonds is 3. The normalized spacial score (nSPS) is 20.0. The number of carbonyl (C=O) groups is 4. The standard InChI is InChI=1S/C24H19FN2O6/c25-16-7-5-15(6-8-16)19-22(30)27(21(29)18-4-2-14-33-18)23(31)24(19)9-11-26(12-10-24)20(28)17-3-1-13-32-17/h1-8,13-14,19H,9-12H2/t19-/m0/s1. The average Bonchev–Trinajstić information content (AvgIpc) is 3.57. The fourth-order valence-corrected chi connectivity index (χ4v) is 4.80. The highest BCUT2D eigenvalue weighted by atomic mass is 19.1. The molecule has 4 amide bonds. The van der Waals surface area contributed by atoms with Crippen LogP contribution >= 0.6 is 0 Å². The van der Waals surface area contributed by atoms with Crippen LogP contribution in [0.3, 0.4) is 0 Å². The van der Waals surface area contributed by atoms with Crippen LogP contribution in [0.5, 0.6) is 0 Å². The first kappa shape index (κ1) is 20.9. The third kappa shape index (κ3) is 3.27. The molecule has 0 N–H and O–H groups in total. The molecular formula is C24H19FN2O6. The minimum Gasteiger partial charge on any atom is -0.459 e. The minimum absolute atomic E-state index is 0.128. The molecule has 1 atom stereocenters. The lowest BCUT2D eigenvalue weighted by atomic mass is 9.67. The van der Waals surface area contributed by atoms with Gasteiger partial charge >= 0.3 is 5.91 Å². The number of hydrogen-bond donors (Lipinski definition) is 0. The van der Waals surface area contributed by atoms with E-state index in [4.69, 9.17) is 8.83 Å². The summed E-state index contributed by atoms with van der Waals surface area (Å²) in [5, 5.41) is 0. The number of halogens is 1. The van der Waals surface area contributed by atoms with E-state index in [1.54, 1.807) is 17.0 Å². The minimum atomic E-state index is -1.24. The maximum absolute atomic E-state index is 13.6. The Balaban J connectivity index is 1.50. The van der Waals surface area contributed by atoms with Gasteiger partial charge in [0, 0.05) is 13.1 Å². The molecule has 5 rings (SSSR count). The van der Waals surface area contributed by atoms with Crippen LogP contribution in [0.15, 0.2) is 69.9 Å². The number of furan rings is 2. The van der Waals surface area contributed by atoms with Crippen molar-refractivity contribution >= 4 is 23.6 Å². The fraction of sp³-hybridized carbons (Fsp3) is 0.250. The SMILES string of the molecule is O=C(c1ccco1)N1CCC2(CC1)C(=O)N(C(=O)c1ccco1)C(=O)[C@@H]2c1ccc(F)cc1. The van der Waals surface area contributed by atoms with Crippen LogP contribution < -0.4 is 0 Å². The Hall–Kier alpha value is -4.01. The van der Waals surface area contributed by atoms with Gasteiger partial charge in [0.1, 0.15) is 5.82 Å². The quantitative estimate of drug-likeness (QED) is 0.568. The third-order valence-corrected chi connectivity index (χ3v) is 6.46. The van der Waals surface area contributed by atoms with Gasteiger partial charge in [0.2, 0.25) is 11.8 Å². The van der Waals surface area contributed by atoms with E-state index < -0.39 is 34.9 Å². The summed E-state index contributed by atoms with van der Waals surface area (Å²) in [5.74, 6) is -3.87. The zero-order chi connectivity index (χ0) is 23.2. The molecule has 8 nitrogen and oxygen atoms in total. The van der Waals surface area contributed by atoms with Crippen molar-refractivity contribution < 1.29 is 32.4 Å². The van der Waals surface area contributed by atoms with Crippen molar-refractivity contribution in [3.63, 3.8) is 0 Å². The van der Waals surface area contributed by atoms with Crippen LogP contribution in [0.2, 0.25) is 0 Å². The summed E-state index contributed by atoms with van der Waals surface area (Å²) in [5.41, 5.74) is -0.799. The van der Waals surface area contributed by atoms with E-state index in [0.29, 0.717) is 10.5 Å². The van der Waals surface area contributed by atoms with Crippen LogP contribution in [-0.2, 0) is 9.59 Å². The van der Waals surface area contributed by atoms with Crippen LogP contribution in [0.4, 0.5) is 4.39 Å². The molecule has 2 aliphatic rings. The lowest BCUT2D eigenvalue weighted by Crippen LogP contribution is -2.48. The second-order valence-corrected chi connectivity index (χ2v) is 8.17. The van der Waals surface area contributed by atoms with E-state index in [9.17, 15) is 23.6 Å². The molecule has 0 saturated carbocycles. The van der Waals surface area contributed by atoms with Gasteiger partial charge in [-0.15, -0.1) is 0 Å². The number of hydrogen-bond acceptors (Lipinski definition) is 6. The summed E-state index contributed by atoms with van der Waals surface area (Å²) in [7, 11) is 0. The monoisotopic (exact) mass is 450 g/mol. The van der Waals surface area contributed by atoms with Gasteiger partial charge in [0.15, 0.2) is 11.5 Å². The molecule has 33 heavy (non-hydrogen) atoms. The Bertz CT molecular complexity index is 1210. The molecule has 168 valence electrons. The molecule has 2 fully saturated rings. The van der Waals surface area contributed by atoms with E-state index in [1.165, 1.54) is 48.9 Å². The molecule has 0 aliphatic carbocycles. The van der Waals surface area contributed by atoms with Crippen LogP contribution in [-0.4, -0.2) is 46.5 Å². The second-order valence-electron chi connectivity index (χ2n) is 8.17. The van der Waals surface area contributed by atoms with Crippen LogP contribution in [0.25, 0.3) is 0 Å². The Morgan fingerprint density at radius 1 is 0.879 bits per heavy atom. The largest absolute Gasteiger partial charge is 0.459 e. The van der Waals surface area contributed by atoms with Gasteiger partial charge in [-0.25, -0.2) is 9.29 Å². The lowest BCUT2D eigenvalue weighted by Gasteiger charge is -2.40. The van der Waals surface area contributed by atoms with Gasteiger partial charge in [0.05, 0.1) is 23.9 Å². The number of carbonyl (C=O) groups excluding carboxylic acids is 4. The first-order chi connectivity index (χ1) is 15.9. The maximum Gasteiger partial charge on any atom is 0.303 e. The molecule has 0 bridgehead atoms. The van der Waals surface area contributed by atoms with Crippen molar-refractivity contribution in [3.05, 3.63) is 84.0 Å². The predicted octanol–water partition coefficient (Wildman–Crippen LogP) is 3.23.